The second-order valence-corrected chi connectivity index (χ2v) is 8.24. The fourth-order valence-corrected chi connectivity index (χ4v) is 4.06. The molecule has 0 aliphatic heterocycles. The number of nitrogen functional groups attached to an aromatic ring is 1. The monoisotopic (exact) mass is 517 g/mol. The Morgan fingerprint density at radius 1 is 1.11 bits per heavy atom. The van der Waals surface area contributed by atoms with Crippen molar-refractivity contribution in [3.05, 3.63) is 94.3 Å². The van der Waals surface area contributed by atoms with E-state index in [4.69, 9.17) is 5.73 Å². The number of carbonyl (C=O) groups is 1. The fourth-order valence-electron chi connectivity index (χ4n) is 4.06. The number of nitrogens with one attached hydrogen (secondary N) is 1. The number of hydrogen-bond donors (Lipinski definition) is 2. The van der Waals surface area contributed by atoms with E-state index < -0.39 is 23.7 Å². The number of aromatic nitrogens is 5. The molecule has 0 bridgehead atoms. The number of alkyl halides is 3. The van der Waals surface area contributed by atoms with Crippen molar-refractivity contribution in [2.24, 2.45) is 0 Å². The molecule has 1 amide bonds. The predicted molar refractivity (Wildman–Crippen MR) is 134 cm³/mol. The zero-order chi connectivity index (χ0) is 27.0. The van der Waals surface area contributed by atoms with Crippen LogP contribution < -0.4 is 16.6 Å². The SMILES string of the molecule is CC(NC(=O)c1c(N)nn2cccnc12)c1nc2cccc(C#CC(F)(F)F)c2c(=O)n1-c1ccccc1. The summed E-state index contributed by atoms with van der Waals surface area (Å²) in [4.78, 5) is 35.7. The van der Waals surface area contributed by atoms with E-state index >= 15 is 0 Å². The molecule has 3 aromatic heterocycles. The van der Waals surface area contributed by atoms with Crippen LogP contribution in [0.4, 0.5) is 19.0 Å². The average molecular weight is 517 g/mol. The quantitative estimate of drug-likeness (QED) is 0.353. The molecule has 38 heavy (non-hydrogen) atoms. The first-order valence-corrected chi connectivity index (χ1v) is 11.2. The van der Waals surface area contributed by atoms with Crippen LogP contribution in [0.25, 0.3) is 22.2 Å². The summed E-state index contributed by atoms with van der Waals surface area (Å²) in [6.45, 7) is 1.62. The molecule has 12 heteroatoms. The molecular formula is C26H18F3N7O2. The third kappa shape index (κ3) is 4.53. The Balaban J connectivity index is 1.66. The molecule has 0 saturated carbocycles. The topological polar surface area (TPSA) is 120 Å². The average Bonchev–Trinajstić information content (AvgIpc) is 3.23. The van der Waals surface area contributed by atoms with Gasteiger partial charge in [0.1, 0.15) is 11.4 Å². The molecular weight excluding hydrogens is 499 g/mol. The summed E-state index contributed by atoms with van der Waals surface area (Å²) in [5.41, 5.74) is 6.04. The molecule has 1 unspecified atom stereocenters. The number of nitrogens with two attached hydrogens (primary N) is 1. The van der Waals surface area contributed by atoms with E-state index in [9.17, 15) is 22.8 Å². The molecule has 2 aromatic carbocycles. The van der Waals surface area contributed by atoms with Gasteiger partial charge in [-0.05, 0) is 37.3 Å². The Kier molecular flexibility index (Phi) is 6.04. The zero-order valence-electron chi connectivity index (χ0n) is 19.7. The number of hydrogen-bond acceptors (Lipinski definition) is 6. The van der Waals surface area contributed by atoms with Crippen LogP contribution >= 0.6 is 0 Å². The van der Waals surface area contributed by atoms with Crippen LogP contribution in [0.1, 0.15) is 34.7 Å². The van der Waals surface area contributed by atoms with Gasteiger partial charge < -0.3 is 11.1 Å². The van der Waals surface area contributed by atoms with Gasteiger partial charge >= 0.3 is 6.18 Å². The van der Waals surface area contributed by atoms with Gasteiger partial charge in [0.15, 0.2) is 11.5 Å². The highest BCUT2D eigenvalue weighted by Gasteiger charge is 2.26. The summed E-state index contributed by atoms with van der Waals surface area (Å²) in [6.07, 6.45) is -1.65. The number of anilines is 1. The maximum atomic E-state index is 13.8. The molecule has 0 saturated heterocycles. The van der Waals surface area contributed by atoms with E-state index in [0.29, 0.717) is 5.69 Å². The van der Waals surface area contributed by atoms with Gasteiger partial charge in [-0.3, -0.25) is 14.2 Å². The lowest BCUT2D eigenvalue weighted by Gasteiger charge is -2.20. The molecule has 190 valence electrons. The van der Waals surface area contributed by atoms with Crippen LogP contribution in [0, 0.1) is 11.8 Å². The molecule has 9 nitrogen and oxygen atoms in total. The molecule has 0 radical (unpaired) electrons. The van der Waals surface area contributed by atoms with Gasteiger partial charge in [-0.25, -0.2) is 14.5 Å². The van der Waals surface area contributed by atoms with Crippen molar-refractivity contribution < 1.29 is 18.0 Å². The van der Waals surface area contributed by atoms with Crippen molar-refractivity contribution >= 4 is 28.3 Å². The number of benzene rings is 2. The summed E-state index contributed by atoms with van der Waals surface area (Å²) in [5, 5.41) is 6.79. The fraction of sp³-hybridized carbons (Fsp3) is 0.115. The Bertz CT molecular complexity index is 1820. The first kappa shape index (κ1) is 24.5. The minimum absolute atomic E-state index is 0.0341. The van der Waals surface area contributed by atoms with Gasteiger partial charge in [0, 0.05) is 23.9 Å². The van der Waals surface area contributed by atoms with Crippen molar-refractivity contribution in [3.63, 3.8) is 0 Å². The smallest absolute Gasteiger partial charge is 0.381 e. The molecule has 3 heterocycles. The van der Waals surface area contributed by atoms with E-state index in [2.05, 4.69) is 20.4 Å². The number of amides is 1. The summed E-state index contributed by atoms with van der Waals surface area (Å²) < 4.78 is 41.0. The second-order valence-electron chi connectivity index (χ2n) is 8.24. The third-order valence-electron chi connectivity index (χ3n) is 5.66. The van der Waals surface area contributed by atoms with E-state index in [0.717, 1.165) is 0 Å². The van der Waals surface area contributed by atoms with Gasteiger partial charge in [-0.2, -0.15) is 13.2 Å². The predicted octanol–water partition coefficient (Wildman–Crippen LogP) is 3.42. The molecule has 0 spiro atoms. The Labute approximate surface area is 212 Å². The standard InChI is InChI=1S/C26H18F3N7O2/c1-15(32-24(37)20-21(30)34-35-14-6-13-31-23(20)35)22-33-18-10-5-7-16(11-12-26(27,28)29)19(18)25(38)36(22)17-8-3-2-4-9-17/h2-10,13-15H,1H3,(H2,30,34)(H,32,37). The highest BCUT2D eigenvalue weighted by Crippen LogP contribution is 2.22. The van der Waals surface area contributed by atoms with Crippen molar-refractivity contribution in [1.82, 2.24) is 29.5 Å². The van der Waals surface area contributed by atoms with Crippen LogP contribution in [0.3, 0.4) is 0 Å². The minimum Gasteiger partial charge on any atom is -0.381 e. The number of para-hydroxylation sites is 1. The minimum atomic E-state index is -4.73. The third-order valence-corrected chi connectivity index (χ3v) is 5.66. The van der Waals surface area contributed by atoms with Crippen molar-refractivity contribution in [2.75, 3.05) is 5.73 Å². The number of carbonyl (C=O) groups excluding carboxylic acids is 1. The van der Waals surface area contributed by atoms with Gasteiger partial charge in [-0.15, -0.1) is 5.10 Å². The van der Waals surface area contributed by atoms with Gasteiger partial charge in [0.05, 0.1) is 22.6 Å². The van der Waals surface area contributed by atoms with E-state index in [1.807, 2.05) is 5.92 Å². The lowest BCUT2D eigenvalue weighted by molar-refractivity contribution is -0.0696. The van der Waals surface area contributed by atoms with Crippen LogP contribution in [-0.4, -0.2) is 36.2 Å². The van der Waals surface area contributed by atoms with Crippen LogP contribution in [0.15, 0.2) is 71.8 Å². The largest absolute Gasteiger partial charge is 0.458 e. The Morgan fingerprint density at radius 3 is 2.61 bits per heavy atom. The van der Waals surface area contributed by atoms with Crippen LogP contribution in [0.5, 0.6) is 0 Å². The van der Waals surface area contributed by atoms with E-state index in [1.54, 1.807) is 49.5 Å². The number of nitrogens with zero attached hydrogens (tertiary/aromatic N) is 5. The lowest BCUT2D eigenvalue weighted by Crippen LogP contribution is -2.33. The zero-order valence-corrected chi connectivity index (χ0v) is 19.7. The Hall–Kier alpha value is -5.18. The number of halogens is 3. The molecule has 5 aromatic rings. The van der Waals surface area contributed by atoms with Crippen LogP contribution in [-0.2, 0) is 0 Å². The molecule has 3 N–H and O–H groups in total. The maximum Gasteiger partial charge on any atom is 0.458 e. The Morgan fingerprint density at radius 2 is 1.87 bits per heavy atom. The van der Waals surface area contributed by atoms with Gasteiger partial charge in [0.2, 0.25) is 0 Å². The van der Waals surface area contributed by atoms with E-state index in [1.165, 1.54) is 39.4 Å². The summed E-state index contributed by atoms with van der Waals surface area (Å²) in [6, 6.07) is 13.5. The number of rotatable bonds is 4. The maximum absolute atomic E-state index is 13.8. The van der Waals surface area contributed by atoms with Crippen molar-refractivity contribution in [1.29, 1.82) is 0 Å². The second kappa shape index (κ2) is 9.36. The molecule has 1 atom stereocenters. The van der Waals surface area contributed by atoms with Gasteiger partial charge in [-0.1, -0.05) is 30.2 Å². The molecule has 5 rings (SSSR count). The number of fused-ring (bicyclic) bond motifs is 2. The summed E-state index contributed by atoms with van der Waals surface area (Å²) in [5.74, 6) is 2.76. The molecule has 0 aliphatic carbocycles. The molecule has 0 aliphatic rings. The van der Waals surface area contributed by atoms with Crippen molar-refractivity contribution in [3.8, 4) is 17.5 Å². The lowest BCUT2D eigenvalue weighted by atomic mass is 10.1. The molecule has 0 fully saturated rings. The van der Waals surface area contributed by atoms with Crippen LogP contribution in [0.2, 0.25) is 0 Å². The summed E-state index contributed by atoms with van der Waals surface area (Å²) in [7, 11) is 0. The van der Waals surface area contributed by atoms with Crippen molar-refractivity contribution in [2.45, 2.75) is 19.1 Å². The highest BCUT2D eigenvalue weighted by atomic mass is 19.4. The van der Waals surface area contributed by atoms with E-state index in [-0.39, 0.29) is 39.3 Å². The summed E-state index contributed by atoms with van der Waals surface area (Å²) >= 11 is 0. The first-order valence-electron chi connectivity index (χ1n) is 11.2. The normalized spacial score (nSPS) is 12.2. The first-order chi connectivity index (χ1) is 18.1. The highest BCUT2D eigenvalue weighted by molar-refractivity contribution is 6.04. The van der Waals surface area contributed by atoms with Gasteiger partial charge in [0.25, 0.3) is 11.5 Å².